The van der Waals surface area contributed by atoms with Gasteiger partial charge in [0.2, 0.25) is 5.91 Å². The maximum atomic E-state index is 11.8. The summed E-state index contributed by atoms with van der Waals surface area (Å²) < 4.78 is 45.3. The molecule has 1 fully saturated rings. The van der Waals surface area contributed by atoms with Crippen LogP contribution in [0.5, 0.6) is 0 Å². The molecular formula is C11H19F3N2O3. The van der Waals surface area contributed by atoms with Crippen molar-refractivity contribution < 1.29 is 27.4 Å². The van der Waals surface area contributed by atoms with Gasteiger partial charge >= 0.3 is 6.18 Å². The molecule has 8 heteroatoms. The van der Waals surface area contributed by atoms with E-state index in [9.17, 15) is 18.0 Å². The molecule has 1 aliphatic heterocycles. The van der Waals surface area contributed by atoms with Crippen LogP contribution in [0, 0.1) is 0 Å². The Kier molecular flexibility index (Phi) is 6.53. The molecule has 0 aromatic rings. The fourth-order valence-electron chi connectivity index (χ4n) is 1.80. The molecule has 0 saturated carbocycles. The SMILES string of the molecule is CNCC1CN(C(=O)CCOCC(F)(F)F)CCO1. The molecule has 5 nitrogen and oxygen atoms in total. The number of rotatable bonds is 6. The number of amides is 1. The lowest BCUT2D eigenvalue weighted by molar-refractivity contribution is -0.175. The molecule has 1 heterocycles. The van der Waals surface area contributed by atoms with Crippen molar-refractivity contribution in [2.45, 2.75) is 18.7 Å². The number of morpholine rings is 1. The molecular weight excluding hydrogens is 265 g/mol. The van der Waals surface area contributed by atoms with E-state index in [2.05, 4.69) is 10.1 Å². The molecule has 0 aromatic carbocycles. The highest BCUT2D eigenvalue weighted by Gasteiger charge is 2.28. The Morgan fingerprint density at radius 2 is 2.26 bits per heavy atom. The average Bonchev–Trinajstić information content (AvgIpc) is 2.34. The van der Waals surface area contributed by atoms with E-state index < -0.39 is 12.8 Å². The summed E-state index contributed by atoms with van der Waals surface area (Å²) in [4.78, 5) is 13.4. The smallest absolute Gasteiger partial charge is 0.373 e. The number of nitrogens with zero attached hydrogens (tertiary/aromatic N) is 1. The summed E-state index contributed by atoms with van der Waals surface area (Å²) >= 11 is 0. The first-order valence-electron chi connectivity index (χ1n) is 6.11. The number of ether oxygens (including phenoxy) is 2. The molecule has 0 bridgehead atoms. The van der Waals surface area contributed by atoms with Crippen LogP contribution in [0.25, 0.3) is 0 Å². The van der Waals surface area contributed by atoms with Crippen LogP contribution in [0.2, 0.25) is 0 Å². The van der Waals surface area contributed by atoms with Crippen LogP contribution >= 0.6 is 0 Å². The van der Waals surface area contributed by atoms with E-state index in [0.29, 0.717) is 26.2 Å². The average molecular weight is 284 g/mol. The number of nitrogens with one attached hydrogen (secondary N) is 1. The van der Waals surface area contributed by atoms with Gasteiger partial charge in [0.05, 0.1) is 25.7 Å². The molecule has 1 amide bonds. The normalized spacial score (nSPS) is 20.6. The number of carbonyl (C=O) groups is 1. The first-order chi connectivity index (χ1) is 8.92. The number of alkyl halides is 3. The predicted octanol–water partition coefficient (Wildman–Crippen LogP) is 0.402. The second-order valence-electron chi connectivity index (χ2n) is 4.31. The molecule has 19 heavy (non-hydrogen) atoms. The topological polar surface area (TPSA) is 50.8 Å². The highest BCUT2D eigenvalue weighted by Crippen LogP contribution is 2.14. The molecule has 1 saturated heterocycles. The molecule has 112 valence electrons. The third kappa shape index (κ3) is 6.74. The number of carbonyl (C=O) groups excluding carboxylic acids is 1. The first-order valence-corrected chi connectivity index (χ1v) is 6.11. The van der Waals surface area contributed by atoms with Crippen molar-refractivity contribution in [2.75, 3.05) is 46.5 Å². The fourth-order valence-corrected chi connectivity index (χ4v) is 1.80. The van der Waals surface area contributed by atoms with Gasteiger partial charge in [0.15, 0.2) is 0 Å². The zero-order valence-corrected chi connectivity index (χ0v) is 10.8. The molecule has 1 aliphatic rings. The Morgan fingerprint density at radius 3 is 2.89 bits per heavy atom. The molecule has 0 aromatic heterocycles. The lowest BCUT2D eigenvalue weighted by Crippen LogP contribution is -2.48. The summed E-state index contributed by atoms with van der Waals surface area (Å²) in [6.45, 7) is 0.477. The summed E-state index contributed by atoms with van der Waals surface area (Å²) in [6.07, 6.45) is -4.46. The summed E-state index contributed by atoms with van der Waals surface area (Å²) in [5, 5.41) is 2.95. The second kappa shape index (κ2) is 7.66. The van der Waals surface area contributed by atoms with Crippen molar-refractivity contribution in [2.24, 2.45) is 0 Å². The van der Waals surface area contributed by atoms with Crippen LogP contribution in [-0.4, -0.2) is 69.6 Å². The second-order valence-corrected chi connectivity index (χ2v) is 4.31. The Bertz CT molecular complexity index is 285. The zero-order chi connectivity index (χ0) is 14.3. The quantitative estimate of drug-likeness (QED) is 0.718. The van der Waals surface area contributed by atoms with Crippen molar-refractivity contribution in [3.05, 3.63) is 0 Å². The van der Waals surface area contributed by atoms with Crippen molar-refractivity contribution in [3.8, 4) is 0 Å². The lowest BCUT2D eigenvalue weighted by atomic mass is 10.2. The van der Waals surface area contributed by atoms with Gasteiger partial charge in [-0.25, -0.2) is 0 Å². The summed E-state index contributed by atoms with van der Waals surface area (Å²) in [6, 6.07) is 0. The van der Waals surface area contributed by atoms with E-state index >= 15 is 0 Å². The zero-order valence-electron chi connectivity index (χ0n) is 10.8. The van der Waals surface area contributed by atoms with E-state index in [-0.39, 0.29) is 25.0 Å². The predicted molar refractivity (Wildman–Crippen MR) is 61.7 cm³/mol. The largest absolute Gasteiger partial charge is 0.411 e. The highest BCUT2D eigenvalue weighted by atomic mass is 19.4. The van der Waals surface area contributed by atoms with E-state index in [1.807, 2.05) is 0 Å². The van der Waals surface area contributed by atoms with Crippen molar-refractivity contribution in [1.29, 1.82) is 0 Å². The number of hydrogen-bond acceptors (Lipinski definition) is 4. The molecule has 1 atom stereocenters. The minimum Gasteiger partial charge on any atom is -0.373 e. The fraction of sp³-hybridized carbons (Fsp3) is 0.909. The maximum Gasteiger partial charge on any atom is 0.411 e. The van der Waals surface area contributed by atoms with Gasteiger partial charge in [-0.3, -0.25) is 4.79 Å². The van der Waals surface area contributed by atoms with Gasteiger partial charge < -0.3 is 19.7 Å². The third-order valence-electron chi connectivity index (χ3n) is 2.65. The van der Waals surface area contributed by atoms with Crippen LogP contribution in [0.1, 0.15) is 6.42 Å². The standard InChI is InChI=1S/C11H19F3N2O3/c1-15-6-9-7-16(3-5-19-9)10(17)2-4-18-8-11(12,13)14/h9,15H,2-8H2,1H3. The van der Waals surface area contributed by atoms with Crippen LogP contribution in [-0.2, 0) is 14.3 Å². The van der Waals surface area contributed by atoms with Crippen LogP contribution in [0.4, 0.5) is 13.2 Å². The van der Waals surface area contributed by atoms with Gasteiger partial charge in [-0.05, 0) is 7.05 Å². The van der Waals surface area contributed by atoms with Crippen LogP contribution < -0.4 is 5.32 Å². The monoisotopic (exact) mass is 284 g/mol. The minimum absolute atomic E-state index is 0.0393. The van der Waals surface area contributed by atoms with E-state index in [1.54, 1.807) is 11.9 Å². The molecule has 1 unspecified atom stereocenters. The lowest BCUT2D eigenvalue weighted by Gasteiger charge is -2.33. The van der Waals surface area contributed by atoms with Gasteiger partial charge in [-0.2, -0.15) is 13.2 Å². The van der Waals surface area contributed by atoms with Crippen LogP contribution in [0.3, 0.4) is 0 Å². The maximum absolute atomic E-state index is 11.8. The van der Waals surface area contributed by atoms with Gasteiger partial charge in [-0.1, -0.05) is 0 Å². The Balaban J connectivity index is 2.21. The molecule has 0 spiro atoms. The highest BCUT2D eigenvalue weighted by molar-refractivity contribution is 5.76. The minimum atomic E-state index is -4.35. The van der Waals surface area contributed by atoms with Gasteiger partial charge in [0.25, 0.3) is 0 Å². The Morgan fingerprint density at radius 1 is 1.53 bits per heavy atom. The molecule has 0 radical (unpaired) electrons. The van der Waals surface area contributed by atoms with E-state index in [0.717, 1.165) is 0 Å². The Labute approximate surface area is 110 Å². The van der Waals surface area contributed by atoms with Gasteiger partial charge in [0, 0.05) is 19.6 Å². The number of likely N-dealkylation sites (N-methyl/N-ethyl adjacent to an activating group) is 1. The Hall–Kier alpha value is -0.860. The van der Waals surface area contributed by atoms with Crippen LogP contribution in [0.15, 0.2) is 0 Å². The third-order valence-corrected chi connectivity index (χ3v) is 2.65. The van der Waals surface area contributed by atoms with Crippen molar-refractivity contribution in [3.63, 3.8) is 0 Å². The van der Waals surface area contributed by atoms with E-state index in [4.69, 9.17) is 4.74 Å². The summed E-state index contributed by atoms with van der Waals surface area (Å²) in [7, 11) is 1.79. The van der Waals surface area contributed by atoms with Crippen molar-refractivity contribution in [1.82, 2.24) is 10.2 Å². The number of hydrogen-bond donors (Lipinski definition) is 1. The van der Waals surface area contributed by atoms with Gasteiger partial charge in [-0.15, -0.1) is 0 Å². The molecule has 1 N–H and O–H groups in total. The van der Waals surface area contributed by atoms with Gasteiger partial charge in [0.1, 0.15) is 6.61 Å². The van der Waals surface area contributed by atoms with Crippen molar-refractivity contribution >= 4 is 5.91 Å². The number of halogens is 3. The summed E-state index contributed by atoms with van der Waals surface area (Å²) in [5.41, 5.74) is 0. The first kappa shape index (κ1) is 16.2. The molecule has 0 aliphatic carbocycles. The molecule has 1 rings (SSSR count). The summed E-state index contributed by atoms with van der Waals surface area (Å²) in [5.74, 6) is -0.202. The van der Waals surface area contributed by atoms with E-state index in [1.165, 1.54) is 0 Å².